The van der Waals surface area contributed by atoms with Gasteiger partial charge in [-0.15, -0.1) is 11.8 Å². The van der Waals surface area contributed by atoms with Crippen molar-refractivity contribution in [1.29, 1.82) is 0 Å². The van der Waals surface area contributed by atoms with Crippen LogP contribution >= 0.6 is 11.8 Å². The number of aromatic nitrogens is 2. The van der Waals surface area contributed by atoms with Gasteiger partial charge in [-0.3, -0.25) is 9.97 Å². The summed E-state index contributed by atoms with van der Waals surface area (Å²) < 4.78 is 0. The maximum absolute atomic E-state index is 4.82. The van der Waals surface area contributed by atoms with E-state index in [1.807, 2.05) is 24.0 Å². The summed E-state index contributed by atoms with van der Waals surface area (Å²) in [4.78, 5) is 13.3. The van der Waals surface area contributed by atoms with Crippen molar-refractivity contribution in [3.63, 3.8) is 0 Å². The molecule has 2 aromatic heterocycles. The van der Waals surface area contributed by atoms with E-state index in [0.717, 1.165) is 29.2 Å². The van der Waals surface area contributed by atoms with Crippen LogP contribution in [0.4, 0.5) is 0 Å². The third kappa shape index (κ3) is 4.50. The van der Waals surface area contributed by atoms with E-state index in [-0.39, 0.29) is 0 Å². The van der Waals surface area contributed by atoms with Crippen LogP contribution in [0.3, 0.4) is 0 Å². The molecule has 140 valence electrons. The topological polar surface area (TPSA) is 29.0 Å². The summed E-state index contributed by atoms with van der Waals surface area (Å²) in [6.07, 6.45) is 5.43. The van der Waals surface area contributed by atoms with Crippen molar-refractivity contribution < 1.29 is 0 Å². The molecule has 1 aromatic carbocycles. The molecular formula is C23H27N3S. The number of hydrogen-bond acceptors (Lipinski definition) is 4. The minimum Gasteiger partial charge on any atom is -0.306 e. The first kappa shape index (κ1) is 18.5. The molecule has 0 spiro atoms. The van der Waals surface area contributed by atoms with Crippen LogP contribution in [0.1, 0.15) is 29.8 Å². The molecule has 4 heteroatoms. The number of para-hydroxylation sites is 1. The third-order valence-electron chi connectivity index (χ3n) is 5.46. The van der Waals surface area contributed by atoms with Crippen LogP contribution in [0, 0.1) is 12.8 Å². The number of piperidine rings is 1. The van der Waals surface area contributed by atoms with E-state index in [4.69, 9.17) is 4.98 Å². The number of rotatable bonds is 5. The Kier molecular flexibility index (Phi) is 5.74. The lowest BCUT2D eigenvalue weighted by molar-refractivity contribution is 0.224. The maximum Gasteiger partial charge on any atom is 0.0705 e. The van der Waals surface area contributed by atoms with Crippen LogP contribution in [0.15, 0.2) is 53.6 Å². The molecule has 1 atom stereocenters. The van der Waals surface area contributed by atoms with Crippen molar-refractivity contribution in [2.75, 3.05) is 25.9 Å². The van der Waals surface area contributed by atoms with Gasteiger partial charge in [-0.05, 0) is 63.0 Å². The van der Waals surface area contributed by atoms with Gasteiger partial charge in [0.05, 0.1) is 11.2 Å². The van der Waals surface area contributed by atoms with E-state index in [0.29, 0.717) is 0 Å². The Balaban J connectivity index is 1.47. The lowest BCUT2D eigenvalue weighted by atomic mass is 10.0. The molecule has 0 N–H and O–H groups in total. The molecule has 0 bridgehead atoms. The standard InChI is InChI=1S/C23H27N3S/c1-17-22(14-20-10-9-19-7-3-4-8-21(19)25-20)24-12-11-23(17)27-16-18-6-5-13-26(2)15-18/h3-4,7-12,18H,5-6,13-16H2,1-2H3. The number of hydrogen-bond donors (Lipinski definition) is 0. The molecule has 1 aliphatic heterocycles. The first-order valence-corrected chi connectivity index (χ1v) is 10.8. The van der Waals surface area contributed by atoms with Crippen LogP contribution in [0.5, 0.6) is 0 Å². The second kappa shape index (κ2) is 8.41. The summed E-state index contributed by atoms with van der Waals surface area (Å²) >= 11 is 2.00. The number of benzene rings is 1. The fraction of sp³-hybridized carbons (Fsp3) is 0.391. The van der Waals surface area contributed by atoms with Crippen molar-refractivity contribution >= 4 is 22.7 Å². The summed E-state index contributed by atoms with van der Waals surface area (Å²) in [6.45, 7) is 4.68. The smallest absolute Gasteiger partial charge is 0.0705 e. The van der Waals surface area contributed by atoms with Crippen molar-refractivity contribution in [2.45, 2.75) is 31.1 Å². The van der Waals surface area contributed by atoms with Crippen molar-refractivity contribution in [3.8, 4) is 0 Å². The average Bonchev–Trinajstić information content (AvgIpc) is 2.69. The highest BCUT2D eigenvalue weighted by molar-refractivity contribution is 7.99. The van der Waals surface area contributed by atoms with Gasteiger partial charge < -0.3 is 4.90 Å². The first-order chi connectivity index (χ1) is 13.2. The highest BCUT2D eigenvalue weighted by atomic mass is 32.2. The third-order valence-corrected chi connectivity index (χ3v) is 6.85. The number of nitrogens with zero attached hydrogens (tertiary/aromatic N) is 3. The van der Waals surface area contributed by atoms with Gasteiger partial charge in [0.15, 0.2) is 0 Å². The van der Waals surface area contributed by atoms with E-state index in [2.05, 4.69) is 60.3 Å². The number of thioether (sulfide) groups is 1. The average molecular weight is 378 g/mol. The first-order valence-electron chi connectivity index (χ1n) is 9.79. The SMILES string of the molecule is Cc1c(SCC2CCCN(C)C2)ccnc1Cc1ccc2ccccc2n1. The second-order valence-electron chi connectivity index (χ2n) is 7.63. The molecule has 3 heterocycles. The van der Waals surface area contributed by atoms with Crippen LogP contribution in [-0.4, -0.2) is 40.8 Å². The minimum atomic E-state index is 0.789. The molecule has 3 aromatic rings. The number of fused-ring (bicyclic) bond motifs is 1. The second-order valence-corrected chi connectivity index (χ2v) is 8.70. The van der Waals surface area contributed by atoms with Gasteiger partial charge in [-0.1, -0.05) is 24.3 Å². The highest BCUT2D eigenvalue weighted by Crippen LogP contribution is 2.29. The molecule has 1 aliphatic rings. The molecule has 3 nitrogen and oxygen atoms in total. The Bertz CT molecular complexity index is 924. The van der Waals surface area contributed by atoms with Gasteiger partial charge >= 0.3 is 0 Å². The Hall–Kier alpha value is -1.91. The minimum absolute atomic E-state index is 0.789. The molecule has 1 saturated heterocycles. The van der Waals surface area contributed by atoms with Gasteiger partial charge in [0.2, 0.25) is 0 Å². The number of pyridine rings is 2. The summed E-state index contributed by atoms with van der Waals surface area (Å²) in [7, 11) is 2.24. The van der Waals surface area contributed by atoms with E-state index in [9.17, 15) is 0 Å². The van der Waals surface area contributed by atoms with Crippen LogP contribution in [0.25, 0.3) is 10.9 Å². The lowest BCUT2D eigenvalue weighted by Gasteiger charge is -2.29. The van der Waals surface area contributed by atoms with Crippen LogP contribution in [0.2, 0.25) is 0 Å². The summed E-state index contributed by atoms with van der Waals surface area (Å²) in [5, 5.41) is 1.19. The Morgan fingerprint density at radius 3 is 2.93 bits per heavy atom. The molecule has 0 radical (unpaired) electrons. The van der Waals surface area contributed by atoms with E-state index in [1.54, 1.807) is 0 Å². The largest absolute Gasteiger partial charge is 0.306 e. The van der Waals surface area contributed by atoms with E-state index in [1.165, 1.54) is 47.5 Å². The monoisotopic (exact) mass is 377 g/mol. The van der Waals surface area contributed by atoms with Gasteiger partial charge in [0.1, 0.15) is 0 Å². The van der Waals surface area contributed by atoms with Crippen molar-refractivity contribution in [2.24, 2.45) is 5.92 Å². The Morgan fingerprint density at radius 1 is 1.15 bits per heavy atom. The van der Waals surface area contributed by atoms with Gasteiger partial charge in [-0.25, -0.2) is 0 Å². The van der Waals surface area contributed by atoms with Gasteiger partial charge in [-0.2, -0.15) is 0 Å². The summed E-state index contributed by atoms with van der Waals surface area (Å²) in [6, 6.07) is 14.7. The quantitative estimate of drug-likeness (QED) is 0.588. The van der Waals surface area contributed by atoms with Crippen molar-refractivity contribution in [1.82, 2.24) is 14.9 Å². The fourth-order valence-electron chi connectivity index (χ4n) is 3.89. The predicted molar refractivity (Wildman–Crippen MR) is 114 cm³/mol. The molecule has 0 amide bonds. The van der Waals surface area contributed by atoms with Crippen LogP contribution < -0.4 is 0 Å². The predicted octanol–water partition coefficient (Wildman–Crippen LogP) is 4.96. The van der Waals surface area contributed by atoms with Crippen molar-refractivity contribution in [3.05, 3.63) is 65.6 Å². The zero-order valence-electron chi connectivity index (χ0n) is 16.2. The molecule has 0 aliphatic carbocycles. The summed E-state index contributed by atoms with van der Waals surface area (Å²) in [5.74, 6) is 2.00. The van der Waals surface area contributed by atoms with E-state index < -0.39 is 0 Å². The molecular weight excluding hydrogens is 350 g/mol. The number of likely N-dealkylation sites (tertiary alicyclic amines) is 1. The lowest BCUT2D eigenvalue weighted by Crippen LogP contribution is -2.33. The molecule has 27 heavy (non-hydrogen) atoms. The molecule has 4 rings (SSSR count). The highest BCUT2D eigenvalue weighted by Gasteiger charge is 2.18. The maximum atomic E-state index is 4.82. The fourth-order valence-corrected chi connectivity index (χ4v) is 5.07. The summed E-state index contributed by atoms with van der Waals surface area (Å²) in [5.41, 5.74) is 4.59. The Labute approximate surface area is 166 Å². The Morgan fingerprint density at radius 2 is 2.04 bits per heavy atom. The normalized spacial score (nSPS) is 18.1. The zero-order valence-corrected chi connectivity index (χ0v) is 17.0. The molecule has 1 fully saturated rings. The van der Waals surface area contributed by atoms with Gasteiger partial charge in [0.25, 0.3) is 0 Å². The van der Waals surface area contributed by atoms with Crippen LogP contribution in [-0.2, 0) is 6.42 Å². The van der Waals surface area contributed by atoms with Gasteiger partial charge in [0, 0.05) is 40.9 Å². The van der Waals surface area contributed by atoms with E-state index >= 15 is 0 Å². The molecule has 1 unspecified atom stereocenters. The molecule has 0 saturated carbocycles. The zero-order chi connectivity index (χ0) is 18.6.